The molecule has 0 fully saturated rings. The van der Waals surface area contributed by atoms with Crippen molar-refractivity contribution < 1.29 is 4.79 Å². The van der Waals surface area contributed by atoms with Crippen LogP contribution in [0.2, 0.25) is 0 Å². The van der Waals surface area contributed by atoms with Crippen molar-refractivity contribution in [1.29, 1.82) is 0 Å². The van der Waals surface area contributed by atoms with Gasteiger partial charge in [0.1, 0.15) is 0 Å². The van der Waals surface area contributed by atoms with Crippen LogP contribution in [0.1, 0.15) is 21.1 Å². The number of hydrogen-bond donors (Lipinski definition) is 1. The van der Waals surface area contributed by atoms with Gasteiger partial charge < -0.3 is 9.88 Å². The first kappa shape index (κ1) is 13.6. The molecule has 0 bridgehead atoms. The van der Waals surface area contributed by atoms with Crippen molar-refractivity contribution >= 4 is 17.2 Å². The maximum Gasteiger partial charge on any atom is 0.251 e. The topological polar surface area (TPSA) is 46.9 Å². The summed E-state index contributed by atoms with van der Waals surface area (Å²) in [4.78, 5) is 16.4. The summed E-state index contributed by atoms with van der Waals surface area (Å²) < 4.78 is 2.00. The molecule has 0 radical (unpaired) electrons. The van der Waals surface area contributed by atoms with Crippen molar-refractivity contribution in [1.82, 2.24) is 14.9 Å². The number of hydrogen-bond acceptors (Lipinski definition) is 3. The summed E-state index contributed by atoms with van der Waals surface area (Å²) in [6.45, 7) is 2.42. The largest absolute Gasteiger partial charge is 0.346 e. The van der Waals surface area contributed by atoms with Crippen LogP contribution in [-0.4, -0.2) is 15.5 Å². The number of aryl methyl sites for hydroxylation is 1. The second-order valence-electron chi connectivity index (χ2n) is 4.68. The maximum atomic E-state index is 12.1. The summed E-state index contributed by atoms with van der Waals surface area (Å²) in [6, 6.07) is 11.5. The van der Waals surface area contributed by atoms with Crippen LogP contribution in [-0.2, 0) is 6.54 Å². The number of aromatic nitrogens is 2. The molecule has 0 unspecified atom stereocenters. The number of benzene rings is 1. The van der Waals surface area contributed by atoms with Crippen LogP contribution in [0, 0.1) is 6.92 Å². The van der Waals surface area contributed by atoms with Crippen molar-refractivity contribution in [3.05, 3.63) is 70.4 Å². The number of rotatable bonds is 4. The number of nitrogens with one attached hydrogen (secondary N) is 1. The van der Waals surface area contributed by atoms with E-state index in [-0.39, 0.29) is 5.91 Å². The lowest BCUT2D eigenvalue weighted by atomic mass is 10.2. The van der Waals surface area contributed by atoms with Gasteiger partial charge in [-0.15, -0.1) is 11.3 Å². The fraction of sp³-hybridized carbons (Fsp3) is 0.125. The SMILES string of the molecule is Cc1nc(CNC(=O)c2ccc(-n3cccc3)cc2)cs1. The van der Waals surface area contributed by atoms with Gasteiger partial charge in [0, 0.05) is 29.0 Å². The van der Waals surface area contributed by atoms with Crippen molar-refractivity contribution in [2.45, 2.75) is 13.5 Å². The van der Waals surface area contributed by atoms with E-state index in [1.807, 2.05) is 65.7 Å². The molecule has 0 aliphatic rings. The van der Waals surface area contributed by atoms with E-state index in [0.29, 0.717) is 12.1 Å². The lowest BCUT2D eigenvalue weighted by Crippen LogP contribution is -2.22. The molecular weight excluding hydrogens is 282 g/mol. The van der Waals surface area contributed by atoms with Gasteiger partial charge in [-0.05, 0) is 43.3 Å². The molecule has 0 saturated heterocycles. The minimum Gasteiger partial charge on any atom is -0.346 e. The van der Waals surface area contributed by atoms with E-state index in [9.17, 15) is 4.79 Å². The Labute approximate surface area is 127 Å². The third kappa shape index (κ3) is 3.20. The molecule has 4 nitrogen and oxygen atoms in total. The third-order valence-corrected chi connectivity index (χ3v) is 3.95. The van der Waals surface area contributed by atoms with Crippen LogP contribution in [0.3, 0.4) is 0 Å². The zero-order valence-corrected chi connectivity index (χ0v) is 12.4. The van der Waals surface area contributed by atoms with Gasteiger partial charge in [-0.1, -0.05) is 0 Å². The number of thiazole rings is 1. The van der Waals surface area contributed by atoms with Crippen molar-refractivity contribution in [2.75, 3.05) is 0 Å². The average Bonchev–Trinajstić information content (AvgIpc) is 3.16. The first-order valence-corrected chi connectivity index (χ1v) is 7.53. The molecule has 2 aromatic heterocycles. The van der Waals surface area contributed by atoms with E-state index in [1.165, 1.54) is 0 Å². The number of carbonyl (C=O) groups excluding carboxylic acids is 1. The molecule has 0 aliphatic heterocycles. The van der Waals surface area contributed by atoms with Crippen LogP contribution in [0.5, 0.6) is 0 Å². The molecule has 1 N–H and O–H groups in total. The number of amides is 1. The van der Waals surface area contributed by atoms with E-state index in [0.717, 1.165) is 16.4 Å². The molecule has 21 heavy (non-hydrogen) atoms. The molecule has 0 aliphatic carbocycles. The average molecular weight is 297 g/mol. The Morgan fingerprint density at radius 3 is 2.57 bits per heavy atom. The Hall–Kier alpha value is -2.40. The molecular formula is C16H15N3OS. The molecule has 0 atom stereocenters. The smallest absolute Gasteiger partial charge is 0.251 e. The first-order chi connectivity index (χ1) is 10.2. The fourth-order valence-electron chi connectivity index (χ4n) is 2.05. The quantitative estimate of drug-likeness (QED) is 0.804. The lowest BCUT2D eigenvalue weighted by molar-refractivity contribution is 0.0950. The number of nitrogens with zero attached hydrogens (tertiary/aromatic N) is 2. The van der Waals surface area contributed by atoms with Gasteiger partial charge in [0.05, 0.1) is 17.2 Å². The Bertz CT molecular complexity index is 729. The van der Waals surface area contributed by atoms with E-state index >= 15 is 0 Å². The van der Waals surface area contributed by atoms with E-state index in [1.54, 1.807) is 11.3 Å². The Morgan fingerprint density at radius 1 is 1.24 bits per heavy atom. The van der Waals surface area contributed by atoms with Gasteiger partial charge in [-0.25, -0.2) is 4.98 Å². The molecule has 106 valence electrons. The standard InChI is InChI=1S/C16H15N3OS/c1-12-18-14(11-21-12)10-17-16(20)13-4-6-15(7-5-13)19-8-2-3-9-19/h2-9,11H,10H2,1H3,(H,17,20). The van der Waals surface area contributed by atoms with Crippen molar-refractivity contribution in [3.8, 4) is 5.69 Å². The zero-order valence-electron chi connectivity index (χ0n) is 11.6. The van der Waals surface area contributed by atoms with Crippen LogP contribution in [0.25, 0.3) is 5.69 Å². The van der Waals surface area contributed by atoms with Gasteiger partial charge in [0.2, 0.25) is 0 Å². The van der Waals surface area contributed by atoms with Crippen LogP contribution < -0.4 is 5.32 Å². The minimum absolute atomic E-state index is 0.0836. The molecule has 3 rings (SSSR count). The minimum atomic E-state index is -0.0836. The Morgan fingerprint density at radius 2 is 1.95 bits per heavy atom. The summed E-state index contributed by atoms with van der Waals surface area (Å²) in [7, 11) is 0. The molecule has 0 saturated carbocycles. The predicted molar refractivity (Wildman–Crippen MR) is 83.8 cm³/mol. The summed E-state index contributed by atoms with van der Waals surface area (Å²) in [5.41, 5.74) is 2.58. The lowest BCUT2D eigenvalue weighted by Gasteiger charge is -2.06. The van der Waals surface area contributed by atoms with Crippen LogP contribution in [0.15, 0.2) is 54.2 Å². The Kier molecular flexibility index (Phi) is 3.83. The molecule has 2 heterocycles. The van der Waals surface area contributed by atoms with Gasteiger partial charge in [-0.3, -0.25) is 4.79 Å². The van der Waals surface area contributed by atoms with E-state index < -0.39 is 0 Å². The van der Waals surface area contributed by atoms with E-state index in [4.69, 9.17) is 0 Å². The summed E-state index contributed by atoms with van der Waals surface area (Å²) in [6.07, 6.45) is 3.94. The summed E-state index contributed by atoms with van der Waals surface area (Å²) in [5.74, 6) is -0.0836. The second kappa shape index (κ2) is 5.93. The highest BCUT2D eigenvalue weighted by Gasteiger charge is 2.06. The Balaban J connectivity index is 1.65. The summed E-state index contributed by atoms with van der Waals surface area (Å²) in [5, 5.41) is 5.85. The number of carbonyl (C=O) groups is 1. The molecule has 1 amide bonds. The van der Waals surface area contributed by atoms with Gasteiger partial charge in [0.15, 0.2) is 0 Å². The van der Waals surface area contributed by atoms with Gasteiger partial charge >= 0.3 is 0 Å². The monoisotopic (exact) mass is 297 g/mol. The summed E-state index contributed by atoms with van der Waals surface area (Å²) >= 11 is 1.59. The maximum absolute atomic E-state index is 12.1. The van der Waals surface area contributed by atoms with Gasteiger partial charge in [-0.2, -0.15) is 0 Å². The van der Waals surface area contributed by atoms with Crippen LogP contribution >= 0.6 is 11.3 Å². The molecule has 0 spiro atoms. The molecule has 3 aromatic rings. The highest BCUT2D eigenvalue weighted by atomic mass is 32.1. The van der Waals surface area contributed by atoms with Crippen molar-refractivity contribution in [3.63, 3.8) is 0 Å². The van der Waals surface area contributed by atoms with E-state index in [2.05, 4.69) is 10.3 Å². The normalized spacial score (nSPS) is 10.5. The first-order valence-electron chi connectivity index (χ1n) is 6.65. The van der Waals surface area contributed by atoms with Crippen LogP contribution in [0.4, 0.5) is 0 Å². The zero-order chi connectivity index (χ0) is 14.7. The highest BCUT2D eigenvalue weighted by Crippen LogP contribution is 2.11. The fourth-order valence-corrected chi connectivity index (χ4v) is 2.67. The second-order valence-corrected chi connectivity index (χ2v) is 5.74. The molecule has 1 aromatic carbocycles. The predicted octanol–water partition coefficient (Wildman–Crippen LogP) is 3.17. The third-order valence-electron chi connectivity index (χ3n) is 3.13. The highest BCUT2D eigenvalue weighted by molar-refractivity contribution is 7.09. The van der Waals surface area contributed by atoms with Crippen molar-refractivity contribution in [2.24, 2.45) is 0 Å². The van der Waals surface area contributed by atoms with Gasteiger partial charge in [0.25, 0.3) is 5.91 Å². The molecule has 5 heteroatoms.